The van der Waals surface area contributed by atoms with Crippen LogP contribution in [0.15, 0.2) is 47.5 Å². The lowest BCUT2D eigenvalue weighted by Gasteiger charge is -2.11. The molecule has 0 fully saturated rings. The maximum Gasteiger partial charge on any atom is 0.417 e. The molecule has 0 saturated heterocycles. The first-order valence-corrected chi connectivity index (χ1v) is 5.98. The number of pyridine rings is 1. The molecule has 0 saturated carbocycles. The minimum absolute atomic E-state index is 0.119. The minimum Gasteiger partial charge on any atom is -0.312 e. The van der Waals surface area contributed by atoms with Crippen molar-refractivity contribution in [1.29, 1.82) is 0 Å². The quantitative estimate of drug-likeness (QED) is 0.749. The Balaban J connectivity index is 2.39. The van der Waals surface area contributed by atoms with Gasteiger partial charge in [-0.3, -0.25) is 4.79 Å². The maximum atomic E-state index is 13.2. The van der Waals surface area contributed by atoms with E-state index in [1.165, 1.54) is 0 Å². The normalized spacial score (nSPS) is 11.8. The predicted octanol–water partition coefficient (Wildman–Crippen LogP) is 3.00. The highest BCUT2D eigenvalue weighted by atomic mass is 19.4. The molecule has 2 aromatic heterocycles. The Morgan fingerprint density at radius 1 is 1.10 bits per heavy atom. The fourth-order valence-corrected chi connectivity index (χ4v) is 2.05. The van der Waals surface area contributed by atoms with E-state index in [4.69, 9.17) is 0 Å². The highest BCUT2D eigenvalue weighted by molar-refractivity contribution is 5.81. The summed E-state index contributed by atoms with van der Waals surface area (Å²) >= 11 is 0. The monoisotopic (exact) mass is 291 g/mol. The van der Waals surface area contributed by atoms with Crippen molar-refractivity contribution in [3.63, 3.8) is 0 Å². The summed E-state index contributed by atoms with van der Waals surface area (Å²) in [6, 6.07) is 9.29. The molecule has 0 aliphatic heterocycles. The number of halogens is 3. The summed E-state index contributed by atoms with van der Waals surface area (Å²) in [6.07, 6.45) is -3.63. The molecule has 0 aliphatic carbocycles. The zero-order chi connectivity index (χ0) is 15.0. The van der Waals surface area contributed by atoms with Crippen LogP contribution in [-0.2, 0) is 6.18 Å². The third-order valence-corrected chi connectivity index (χ3v) is 2.98. The van der Waals surface area contributed by atoms with E-state index in [0.29, 0.717) is 5.56 Å². The first-order valence-electron chi connectivity index (χ1n) is 5.98. The number of nitrogens with zero attached hydrogens (tertiary/aromatic N) is 2. The van der Waals surface area contributed by atoms with Crippen molar-refractivity contribution in [3.05, 3.63) is 58.6 Å². The summed E-state index contributed by atoms with van der Waals surface area (Å²) in [5.41, 5.74) is -1.49. The molecule has 106 valence electrons. The number of nitrogens with one attached hydrogen (secondary N) is 1. The number of rotatable bonds is 1. The summed E-state index contributed by atoms with van der Waals surface area (Å²) in [4.78, 5) is 21.6. The maximum absolute atomic E-state index is 13.2. The molecule has 21 heavy (non-hydrogen) atoms. The number of H-pyrrole nitrogens is 1. The number of benzene rings is 1. The van der Waals surface area contributed by atoms with E-state index in [1.807, 2.05) is 0 Å². The van der Waals surface area contributed by atoms with Crippen LogP contribution in [0.5, 0.6) is 0 Å². The molecular formula is C14H8F3N3O. The van der Waals surface area contributed by atoms with E-state index in [1.54, 1.807) is 30.3 Å². The lowest BCUT2D eigenvalue weighted by atomic mass is 10.1. The molecule has 1 N–H and O–H groups in total. The average molecular weight is 291 g/mol. The minimum atomic E-state index is -4.67. The SMILES string of the molecule is O=c1[nH]cnc2nc(-c3ccccc3)cc(C(F)(F)F)c12. The molecule has 0 radical (unpaired) electrons. The van der Waals surface area contributed by atoms with E-state index in [0.717, 1.165) is 12.4 Å². The van der Waals surface area contributed by atoms with Crippen molar-refractivity contribution in [2.24, 2.45) is 0 Å². The van der Waals surface area contributed by atoms with Crippen molar-refractivity contribution in [2.75, 3.05) is 0 Å². The summed E-state index contributed by atoms with van der Waals surface area (Å²) in [7, 11) is 0. The number of aromatic nitrogens is 3. The standard InChI is InChI=1S/C14H8F3N3O/c15-14(16,17)9-6-10(8-4-2-1-3-5-8)20-12-11(9)13(21)19-7-18-12/h1-7H,(H,18,19,20,21). The second kappa shape index (κ2) is 4.69. The van der Waals surface area contributed by atoms with Gasteiger partial charge in [-0.1, -0.05) is 30.3 Å². The zero-order valence-electron chi connectivity index (χ0n) is 10.5. The van der Waals surface area contributed by atoms with Crippen molar-refractivity contribution in [2.45, 2.75) is 6.18 Å². The molecule has 7 heteroatoms. The molecule has 3 aromatic rings. The van der Waals surface area contributed by atoms with Crippen LogP contribution in [0, 0.1) is 0 Å². The van der Waals surface area contributed by atoms with Gasteiger partial charge in [0.2, 0.25) is 0 Å². The molecule has 0 atom stereocenters. The molecule has 0 amide bonds. The number of fused-ring (bicyclic) bond motifs is 1. The van der Waals surface area contributed by atoms with Crippen LogP contribution in [0.3, 0.4) is 0 Å². The van der Waals surface area contributed by atoms with Crippen LogP contribution in [0.1, 0.15) is 5.56 Å². The molecule has 0 bridgehead atoms. The van der Waals surface area contributed by atoms with Crippen molar-refractivity contribution in [1.82, 2.24) is 15.0 Å². The molecule has 3 rings (SSSR count). The largest absolute Gasteiger partial charge is 0.417 e. The third kappa shape index (κ3) is 2.37. The summed E-state index contributed by atoms with van der Waals surface area (Å²) < 4.78 is 39.6. The predicted molar refractivity (Wildman–Crippen MR) is 70.6 cm³/mol. The van der Waals surface area contributed by atoms with Gasteiger partial charge in [0, 0.05) is 5.56 Å². The Kier molecular flexibility index (Phi) is 2.97. The zero-order valence-corrected chi connectivity index (χ0v) is 10.5. The third-order valence-electron chi connectivity index (χ3n) is 2.98. The van der Waals surface area contributed by atoms with Crippen LogP contribution in [0.4, 0.5) is 13.2 Å². The molecule has 0 spiro atoms. The second-order valence-corrected chi connectivity index (χ2v) is 4.35. The van der Waals surface area contributed by atoms with Gasteiger partial charge in [-0.05, 0) is 6.07 Å². The lowest BCUT2D eigenvalue weighted by Crippen LogP contribution is -2.16. The second-order valence-electron chi connectivity index (χ2n) is 4.35. The Labute approximate surface area is 116 Å². The Hall–Kier alpha value is -2.70. The van der Waals surface area contributed by atoms with Crippen LogP contribution in [0.25, 0.3) is 22.3 Å². The van der Waals surface area contributed by atoms with Crippen LogP contribution in [-0.4, -0.2) is 15.0 Å². The molecule has 4 nitrogen and oxygen atoms in total. The molecule has 0 aliphatic rings. The summed E-state index contributed by atoms with van der Waals surface area (Å²) in [6.45, 7) is 0. The first kappa shape index (κ1) is 13.3. The van der Waals surface area contributed by atoms with Gasteiger partial charge in [0.05, 0.1) is 23.0 Å². The van der Waals surface area contributed by atoms with E-state index >= 15 is 0 Å². The van der Waals surface area contributed by atoms with E-state index in [-0.39, 0.29) is 11.3 Å². The van der Waals surface area contributed by atoms with Gasteiger partial charge in [0.15, 0.2) is 5.65 Å². The van der Waals surface area contributed by atoms with Gasteiger partial charge in [-0.25, -0.2) is 9.97 Å². The Morgan fingerprint density at radius 3 is 2.48 bits per heavy atom. The first-order chi connectivity index (χ1) is 9.97. The van der Waals surface area contributed by atoms with E-state index in [2.05, 4.69) is 15.0 Å². The van der Waals surface area contributed by atoms with Crippen molar-refractivity contribution >= 4 is 11.0 Å². The number of hydrogen-bond donors (Lipinski definition) is 1. The topological polar surface area (TPSA) is 58.6 Å². The Morgan fingerprint density at radius 2 is 1.81 bits per heavy atom. The van der Waals surface area contributed by atoms with Gasteiger partial charge in [0.1, 0.15) is 0 Å². The van der Waals surface area contributed by atoms with Crippen molar-refractivity contribution < 1.29 is 13.2 Å². The average Bonchev–Trinajstić information content (AvgIpc) is 2.46. The van der Waals surface area contributed by atoms with Gasteiger partial charge in [-0.15, -0.1) is 0 Å². The highest BCUT2D eigenvalue weighted by Crippen LogP contribution is 2.34. The van der Waals surface area contributed by atoms with E-state index < -0.39 is 22.7 Å². The highest BCUT2D eigenvalue weighted by Gasteiger charge is 2.35. The van der Waals surface area contributed by atoms with Gasteiger partial charge < -0.3 is 4.98 Å². The van der Waals surface area contributed by atoms with Crippen LogP contribution in [0.2, 0.25) is 0 Å². The molecule has 0 unspecified atom stereocenters. The number of aromatic amines is 1. The summed E-state index contributed by atoms with van der Waals surface area (Å²) in [5.74, 6) is 0. The molecule has 2 heterocycles. The fourth-order valence-electron chi connectivity index (χ4n) is 2.05. The van der Waals surface area contributed by atoms with Crippen LogP contribution >= 0.6 is 0 Å². The number of alkyl halides is 3. The van der Waals surface area contributed by atoms with Crippen LogP contribution < -0.4 is 5.56 Å². The summed E-state index contributed by atoms with van der Waals surface area (Å²) in [5, 5.41) is -0.551. The van der Waals surface area contributed by atoms with E-state index in [9.17, 15) is 18.0 Å². The fraction of sp³-hybridized carbons (Fsp3) is 0.0714. The van der Waals surface area contributed by atoms with Gasteiger partial charge in [-0.2, -0.15) is 13.2 Å². The van der Waals surface area contributed by atoms with Gasteiger partial charge in [0.25, 0.3) is 5.56 Å². The molecule has 1 aromatic carbocycles. The number of hydrogen-bond acceptors (Lipinski definition) is 3. The smallest absolute Gasteiger partial charge is 0.312 e. The van der Waals surface area contributed by atoms with Crippen molar-refractivity contribution in [3.8, 4) is 11.3 Å². The molecular weight excluding hydrogens is 283 g/mol. The van der Waals surface area contributed by atoms with Gasteiger partial charge >= 0.3 is 6.18 Å². The lowest BCUT2D eigenvalue weighted by molar-refractivity contribution is -0.136. The Bertz CT molecular complexity index is 857.